The first kappa shape index (κ1) is 26.7. The van der Waals surface area contributed by atoms with Crippen LogP contribution in [0, 0.1) is 6.92 Å². The summed E-state index contributed by atoms with van der Waals surface area (Å²) in [5.74, 6) is 0.451. The number of rotatable bonds is 6. The minimum Gasteiger partial charge on any atom is -0.486 e. The summed E-state index contributed by atoms with van der Waals surface area (Å²) in [6, 6.07) is 10.8. The summed E-state index contributed by atoms with van der Waals surface area (Å²) in [6.45, 7) is 1.56. The maximum atomic E-state index is 13.2. The zero-order chi connectivity index (χ0) is 27.9. The molecule has 0 unspecified atom stereocenters. The van der Waals surface area contributed by atoms with Crippen LogP contribution in [0.15, 0.2) is 66.0 Å². The van der Waals surface area contributed by atoms with Crippen LogP contribution in [-0.4, -0.2) is 24.1 Å². The van der Waals surface area contributed by atoms with E-state index in [1.165, 1.54) is 18.5 Å². The number of aromatic nitrogens is 5. The number of hydrogen-bond donors (Lipinski definition) is 0. The van der Waals surface area contributed by atoms with E-state index in [2.05, 4.69) is 15.0 Å². The van der Waals surface area contributed by atoms with Crippen LogP contribution in [0.3, 0.4) is 0 Å². The number of halogens is 5. The van der Waals surface area contributed by atoms with Gasteiger partial charge in [0.1, 0.15) is 34.3 Å². The highest BCUT2D eigenvalue weighted by atomic mass is 35.5. The maximum Gasteiger partial charge on any atom is 0.421 e. The number of aryl methyl sites for hydroxylation is 2. The number of imidazole rings is 1. The van der Waals surface area contributed by atoms with Gasteiger partial charge >= 0.3 is 6.18 Å². The fraction of sp³-hybridized carbons (Fsp3) is 0.185. The lowest BCUT2D eigenvalue weighted by Crippen LogP contribution is -2.28. The van der Waals surface area contributed by atoms with Crippen molar-refractivity contribution in [2.45, 2.75) is 26.3 Å². The van der Waals surface area contributed by atoms with Gasteiger partial charge in [0, 0.05) is 41.6 Å². The summed E-state index contributed by atoms with van der Waals surface area (Å²) in [6.07, 6.45) is -0.453. The summed E-state index contributed by atoms with van der Waals surface area (Å²) >= 11 is 12.9. The zero-order valence-electron chi connectivity index (χ0n) is 20.6. The van der Waals surface area contributed by atoms with Crippen molar-refractivity contribution in [3.63, 3.8) is 0 Å². The highest BCUT2D eigenvalue weighted by Gasteiger charge is 2.34. The number of pyridine rings is 3. The molecule has 5 aromatic rings. The minimum atomic E-state index is -4.77. The molecule has 7 nitrogen and oxygen atoms in total. The number of para-hydroxylation sites is 1. The molecule has 0 bridgehead atoms. The van der Waals surface area contributed by atoms with Crippen LogP contribution in [0.4, 0.5) is 13.2 Å². The van der Waals surface area contributed by atoms with Gasteiger partial charge in [-0.15, -0.1) is 0 Å². The third-order valence-electron chi connectivity index (χ3n) is 6.16. The Balaban J connectivity index is 1.50. The Morgan fingerprint density at radius 2 is 1.87 bits per heavy atom. The zero-order valence-corrected chi connectivity index (χ0v) is 22.1. The Bertz CT molecular complexity index is 1770. The van der Waals surface area contributed by atoms with E-state index in [0.717, 1.165) is 27.3 Å². The largest absolute Gasteiger partial charge is 0.486 e. The molecule has 0 saturated heterocycles. The van der Waals surface area contributed by atoms with Gasteiger partial charge in [-0.05, 0) is 37.3 Å². The molecule has 4 heterocycles. The number of fused-ring (bicyclic) bond motifs is 1. The van der Waals surface area contributed by atoms with Crippen molar-refractivity contribution in [1.29, 1.82) is 0 Å². The van der Waals surface area contributed by atoms with Crippen molar-refractivity contribution in [2.24, 2.45) is 7.05 Å². The average Bonchev–Trinajstić information content (AvgIpc) is 3.21. The van der Waals surface area contributed by atoms with Crippen molar-refractivity contribution in [3.05, 3.63) is 104 Å². The molecule has 0 atom stereocenters. The number of benzene rings is 1. The first-order valence-corrected chi connectivity index (χ1v) is 12.4. The molecule has 5 rings (SSSR count). The monoisotopic (exact) mass is 573 g/mol. The Hall–Kier alpha value is -3.89. The summed E-state index contributed by atoms with van der Waals surface area (Å²) in [5, 5.41) is 1.54. The van der Waals surface area contributed by atoms with E-state index in [9.17, 15) is 18.0 Å². The van der Waals surface area contributed by atoms with Crippen LogP contribution < -0.4 is 10.3 Å². The van der Waals surface area contributed by atoms with Gasteiger partial charge in [0.05, 0.1) is 23.6 Å². The Kier molecular flexibility index (Phi) is 7.09. The van der Waals surface area contributed by atoms with E-state index in [0.29, 0.717) is 38.4 Å². The van der Waals surface area contributed by atoms with Crippen molar-refractivity contribution >= 4 is 34.1 Å². The molecule has 4 aromatic heterocycles. The van der Waals surface area contributed by atoms with E-state index in [-0.39, 0.29) is 13.2 Å². The predicted molar refractivity (Wildman–Crippen MR) is 142 cm³/mol. The van der Waals surface area contributed by atoms with Crippen molar-refractivity contribution in [2.75, 3.05) is 0 Å². The smallest absolute Gasteiger partial charge is 0.421 e. The molecule has 0 aliphatic rings. The number of ether oxygens (including phenoxy) is 1. The lowest BCUT2D eigenvalue weighted by Gasteiger charge is -2.15. The SMILES string of the molecule is Cc1cc(-c2ncn(C)c2Cl)c2cccc(OCc3c(Cl)ccnc3Cn3cccc(C(F)(F)F)c3=O)c2n1. The standard InChI is InChI=1S/C27H20Cl2F3N5O2/c1-15-11-17(24-25(29)36(2)14-34-24)16-5-3-7-22(23(16)35-15)39-13-18-20(28)8-9-33-21(18)12-37-10-4-6-19(26(37)38)27(30,31)32/h3-11,14H,12-13H2,1-2H3. The van der Waals surface area contributed by atoms with Crippen LogP contribution in [-0.2, 0) is 26.4 Å². The molecule has 12 heteroatoms. The number of alkyl halides is 3. The lowest BCUT2D eigenvalue weighted by molar-refractivity contribution is -0.138. The van der Waals surface area contributed by atoms with Crippen molar-refractivity contribution in [1.82, 2.24) is 24.1 Å². The minimum absolute atomic E-state index is 0.0653. The number of hydrogen-bond acceptors (Lipinski definition) is 5. The summed E-state index contributed by atoms with van der Waals surface area (Å²) in [5.41, 5.74) is 0.993. The fourth-order valence-electron chi connectivity index (χ4n) is 4.24. The molecule has 0 N–H and O–H groups in total. The molecule has 0 fully saturated rings. The molecule has 0 amide bonds. The molecular weight excluding hydrogens is 554 g/mol. The van der Waals surface area contributed by atoms with E-state index >= 15 is 0 Å². The second-order valence-electron chi connectivity index (χ2n) is 8.82. The van der Waals surface area contributed by atoms with E-state index in [4.69, 9.17) is 27.9 Å². The summed E-state index contributed by atoms with van der Waals surface area (Å²) < 4.78 is 48.5. The molecule has 0 radical (unpaired) electrons. The Morgan fingerprint density at radius 3 is 2.59 bits per heavy atom. The highest BCUT2D eigenvalue weighted by molar-refractivity contribution is 6.32. The molecule has 0 saturated carbocycles. The van der Waals surface area contributed by atoms with Crippen molar-refractivity contribution < 1.29 is 17.9 Å². The van der Waals surface area contributed by atoms with Crippen LogP contribution in [0.2, 0.25) is 10.2 Å². The maximum absolute atomic E-state index is 13.2. The average molecular weight is 574 g/mol. The molecule has 0 spiro atoms. The van der Waals surface area contributed by atoms with Crippen LogP contribution >= 0.6 is 23.2 Å². The highest BCUT2D eigenvalue weighted by Crippen LogP contribution is 2.36. The van der Waals surface area contributed by atoms with Gasteiger partial charge in [0.25, 0.3) is 5.56 Å². The normalized spacial score (nSPS) is 11.8. The van der Waals surface area contributed by atoms with Gasteiger partial charge in [-0.2, -0.15) is 13.2 Å². The third-order valence-corrected chi connectivity index (χ3v) is 6.96. The molecule has 0 aliphatic heterocycles. The van der Waals surface area contributed by atoms with E-state index < -0.39 is 17.3 Å². The number of nitrogens with zero attached hydrogens (tertiary/aromatic N) is 5. The first-order chi connectivity index (χ1) is 18.5. The van der Waals surface area contributed by atoms with Gasteiger partial charge in [-0.3, -0.25) is 9.78 Å². The van der Waals surface area contributed by atoms with Gasteiger partial charge in [-0.25, -0.2) is 9.97 Å². The summed E-state index contributed by atoms with van der Waals surface area (Å²) in [4.78, 5) is 25.8. The molecule has 200 valence electrons. The predicted octanol–water partition coefficient (Wildman–Crippen LogP) is 6.45. The van der Waals surface area contributed by atoms with Gasteiger partial charge in [0.2, 0.25) is 0 Å². The van der Waals surface area contributed by atoms with Crippen LogP contribution in [0.5, 0.6) is 5.75 Å². The van der Waals surface area contributed by atoms with Crippen LogP contribution in [0.25, 0.3) is 22.2 Å². The molecular formula is C27H20Cl2F3N5O2. The third kappa shape index (κ3) is 5.22. The Morgan fingerprint density at radius 1 is 1.08 bits per heavy atom. The lowest BCUT2D eigenvalue weighted by atomic mass is 10.0. The Labute approximate surface area is 230 Å². The molecule has 1 aromatic carbocycles. The second kappa shape index (κ2) is 10.3. The van der Waals surface area contributed by atoms with Gasteiger partial charge < -0.3 is 13.9 Å². The second-order valence-corrected chi connectivity index (χ2v) is 9.58. The topological polar surface area (TPSA) is 74.8 Å². The van der Waals surface area contributed by atoms with E-state index in [1.54, 1.807) is 30.1 Å². The molecule has 39 heavy (non-hydrogen) atoms. The molecule has 0 aliphatic carbocycles. The van der Waals surface area contributed by atoms with Gasteiger partial charge in [-0.1, -0.05) is 35.3 Å². The fourth-order valence-corrected chi connectivity index (χ4v) is 4.66. The summed E-state index contributed by atoms with van der Waals surface area (Å²) in [7, 11) is 1.80. The first-order valence-electron chi connectivity index (χ1n) is 11.6. The van der Waals surface area contributed by atoms with Crippen LogP contribution in [0.1, 0.15) is 22.5 Å². The van der Waals surface area contributed by atoms with Gasteiger partial charge in [0.15, 0.2) is 0 Å². The van der Waals surface area contributed by atoms with Crippen molar-refractivity contribution in [3.8, 4) is 17.0 Å². The quantitative estimate of drug-likeness (QED) is 0.233. The van der Waals surface area contributed by atoms with E-state index in [1.807, 2.05) is 25.1 Å².